The van der Waals surface area contributed by atoms with Gasteiger partial charge in [-0.15, -0.1) is 0 Å². The van der Waals surface area contributed by atoms with Crippen molar-refractivity contribution in [2.45, 2.75) is 18.4 Å². The van der Waals surface area contributed by atoms with Crippen molar-refractivity contribution >= 4 is 33.3 Å². The quantitative estimate of drug-likeness (QED) is 0.181. The number of hydrogen-bond acceptors (Lipinski definition) is 5. The lowest BCUT2D eigenvalue weighted by atomic mass is 9.80. The normalized spacial score (nSPS) is 17.2. The first-order valence-corrected chi connectivity index (χ1v) is 17.9. The summed E-state index contributed by atoms with van der Waals surface area (Å²) in [6.45, 7) is 2.31. The summed E-state index contributed by atoms with van der Waals surface area (Å²) in [5.41, 5.74) is 11.2. The molecule has 1 aliphatic carbocycles. The molecule has 0 fully saturated rings. The van der Waals surface area contributed by atoms with Crippen molar-refractivity contribution in [2.24, 2.45) is 0 Å². The van der Waals surface area contributed by atoms with Gasteiger partial charge in [-0.1, -0.05) is 133 Å². The van der Waals surface area contributed by atoms with Crippen LogP contribution in [0.5, 0.6) is 0 Å². The molecule has 2 aliphatic rings. The van der Waals surface area contributed by atoms with E-state index >= 15 is 0 Å². The van der Waals surface area contributed by atoms with Gasteiger partial charge in [0.25, 0.3) is 0 Å². The molecular formula is C48H32N4O. The predicted octanol–water partition coefficient (Wildman–Crippen LogP) is 12.0. The molecule has 6 aromatic carbocycles. The van der Waals surface area contributed by atoms with E-state index in [1.807, 2.05) is 78.9 Å². The van der Waals surface area contributed by atoms with E-state index in [4.69, 9.17) is 14.4 Å². The molecular weight excluding hydrogens is 649 g/mol. The maximum Gasteiger partial charge on any atom is 0.161 e. The van der Waals surface area contributed by atoms with Gasteiger partial charge >= 0.3 is 0 Å². The van der Waals surface area contributed by atoms with Crippen molar-refractivity contribution < 1.29 is 4.42 Å². The second kappa shape index (κ2) is 12.0. The fourth-order valence-electron chi connectivity index (χ4n) is 8.32. The molecule has 2 atom stereocenters. The molecule has 5 heteroatoms. The summed E-state index contributed by atoms with van der Waals surface area (Å²) in [4.78, 5) is 12.8. The summed E-state index contributed by atoms with van der Waals surface area (Å²) in [7, 11) is 0. The highest BCUT2D eigenvalue weighted by atomic mass is 16.3. The number of para-hydroxylation sites is 1. The lowest BCUT2D eigenvalue weighted by Crippen LogP contribution is -2.41. The van der Waals surface area contributed by atoms with Crippen LogP contribution < -0.4 is 4.90 Å². The maximum absolute atomic E-state index is 10.5. The van der Waals surface area contributed by atoms with Crippen molar-refractivity contribution in [3.8, 4) is 51.1 Å². The molecule has 3 heterocycles. The summed E-state index contributed by atoms with van der Waals surface area (Å²) < 4.78 is 6.63. The highest BCUT2D eigenvalue weighted by molar-refractivity contribution is 6.08. The molecule has 53 heavy (non-hydrogen) atoms. The number of anilines is 2. The third-order valence-electron chi connectivity index (χ3n) is 10.8. The average Bonchev–Trinajstić information content (AvgIpc) is 3.73. The van der Waals surface area contributed by atoms with Crippen LogP contribution in [0.1, 0.15) is 24.0 Å². The SMILES string of the molecule is CC12C=CC=CC1c1c(ccc3c1oc1ccccc13)N2c1ccc(-c2nc(-c3ccccc3)c(C#N)c(-c3ccccc3)n2)c(-c2ccccc2)c1. The zero-order chi connectivity index (χ0) is 35.5. The molecule has 0 spiro atoms. The van der Waals surface area contributed by atoms with Crippen molar-refractivity contribution in [1.29, 1.82) is 5.26 Å². The smallest absolute Gasteiger partial charge is 0.161 e. The zero-order valence-electron chi connectivity index (χ0n) is 28.9. The summed E-state index contributed by atoms with van der Waals surface area (Å²) in [6, 6.07) is 52.0. The molecule has 2 unspecified atom stereocenters. The Morgan fingerprint density at radius 2 is 1.30 bits per heavy atom. The summed E-state index contributed by atoms with van der Waals surface area (Å²) >= 11 is 0. The van der Waals surface area contributed by atoms with E-state index in [1.165, 1.54) is 5.56 Å². The Bertz CT molecular complexity index is 2750. The lowest BCUT2D eigenvalue weighted by Gasteiger charge is -2.39. The third kappa shape index (κ3) is 4.77. The van der Waals surface area contributed by atoms with Gasteiger partial charge in [0, 0.05) is 50.3 Å². The summed E-state index contributed by atoms with van der Waals surface area (Å²) in [6.07, 6.45) is 8.91. The summed E-state index contributed by atoms with van der Waals surface area (Å²) in [5, 5.41) is 12.8. The number of benzene rings is 6. The molecule has 2 aromatic heterocycles. The van der Waals surface area contributed by atoms with E-state index in [9.17, 15) is 5.26 Å². The molecule has 1 aliphatic heterocycles. The first-order chi connectivity index (χ1) is 26.1. The molecule has 5 nitrogen and oxygen atoms in total. The lowest BCUT2D eigenvalue weighted by molar-refractivity contribution is 0.539. The molecule has 0 radical (unpaired) electrons. The Labute approximate surface area is 307 Å². The van der Waals surface area contributed by atoms with Gasteiger partial charge in [0.2, 0.25) is 0 Å². The Balaban J connectivity index is 1.21. The first-order valence-electron chi connectivity index (χ1n) is 17.9. The largest absolute Gasteiger partial charge is 0.456 e. The van der Waals surface area contributed by atoms with Crippen LogP contribution in [0.2, 0.25) is 0 Å². The second-order valence-electron chi connectivity index (χ2n) is 13.8. The minimum atomic E-state index is -0.383. The van der Waals surface area contributed by atoms with Crippen LogP contribution in [0.15, 0.2) is 174 Å². The van der Waals surface area contributed by atoms with Crippen LogP contribution in [0.25, 0.3) is 67.0 Å². The monoisotopic (exact) mass is 680 g/mol. The Morgan fingerprint density at radius 3 is 1.98 bits per heavy atom. The van der Waals surface area contributed by atoms with E-state index in [1.54, 1.807) is 0 Å². The number of hydrogen-bond donors (Lipinski definition) is 0. The van der Waals surface area contributed by atoms with Crippen LogP contribution in [-0.4, -0.2) is 15.5 Å². The van der Waals surface area contributed by atoms with Gasteiger partial charge in [0.1, 0.15) is 22.8 Å². The molecule has 0 saturated carbocycles. The maximum atomic E-state index is 10.5. The summed E-state index contributed by atoms with van der Waals surface area (Å²) in [5.74, 6) is 0.637. The van der Waals surface area contributed by atoms with Crippen LogP contribution in [-0.2, 0) is 0 Å². The van der Waals surface area contributed by atoms with Gasteiger partial charge < -0.3 is 9.32 Å². The topological polar surface area (TPSA) is 66.0 Å². The van der Waals surface area contributed by atoms with Gasteiger partial charge in [-0.05, 0) is 54.4 Å². The van der Waals surface area contributed by atoms with E-state index in [2.05, 4.69) is 109 Å². The van der Waals surface area contributed by atoms with Gasteiger partial charge in [0.05, 0.1) is 16.9 Å². The van der Waals surface area contributed by atoms with Crippen molar-refractivity contribution in [3.63, 3.8) is 0 Å². The second-order valence-corrected chi connectivity index (χ2v) is 13.8. The Morgan fingerprint density at radius 1 is 0.660 bits per heavy atom. The van der Waals surface area contributed by atoms with Crippen LogP contribution >= 0.6 is 0 Å². The zero-order valence-corrected chi connectivity index (χ0v) is 28.9. The highest BCUT2D eigenvalue weighted by Crippen LogP contribution is 2.57. The van der Waals surface area contributed by atoms with Gasteiger partial charge in [0.15, 0.2) is 5.82 Å². The first kappa shape index (κ1) is 30.8. The molecule has 250 valence electrons. The molecule has 8 aromatic rings. The standard InChI is InChI=1S/C48H32N4O/c1-48-28-14-13-22-40(48)43-41(27-26-36-35-21-11-12-23-42(35)53-46(36)43)52(48)34-24-25-37(38(29-34)31-15-5-2-6-16-31)47-50-44(32-17-7-3-8-18-32)39(30-49)45(51-47)33-19-9-4-10-20-33/h2-29,40H,1H3. The van der Waals surface area contributed by atoms with E-state index in [0.717, 1.165) is 61.1 Å². The fourth-order valence-corrected chi connectivity index (χ4v) is 8.32. The van der Waals surface area contributed by atoms with Crippen LogP contribution in [0, 0.1) is 11.3 Å². The van der Waals surface area contributed by atoms with E-state index in [-0.39, 0.29) is 11.5 Å². The number of aromatic nitrogens is 2. The van der Waals surface area contributed by atoms with Gasteiger partial charge in [-0.25, -0.2) is 9.97 Å². The number of furan rings is 1. The molecule has 0 bridgehead atoms. The minimum Gasteiger partial charge on any atom is -0.456 e. The van der Waals surface area contributed by atoms with Crippen molar-refractivity contribution in [1.82, 2.24) is 9.97 Å². The number of nitrogens with zero attached hydrogens (tertiary/aromatic N) is 4. The Kier molecular flexibility index (Phi) is 6.99. The van der Waals surface area contributed by atoms with Gasteiger partial charge in [-0.3, -0.25) is 0 Å². The average molecular weight is 681 g/mol. The highest BCUT2D eigenvalue weighted by Gasteiger charge is 2.48. The van der Waals surface area contributed by atoms with Gasteiger partial charge in [-0.2, -0.15) is 5.26 Å². The van der Waals surface area contributed by atoms with Crippen molar-refractivity contribution in [3.05, 3.63) is 181 Å². The molecule has 0 saturated heterocycles. The van der Waals surface area contributed by atoms with E-state index < -0.39 is 0 Å². The predicted molar refractivity (Wildman–Crippen MR) is 214 cm³/mol. The van der Waals surface area contributed by atoms with Crippen molar-refractivity contribution in [2.75, 3.05) is 4.90 Å². The minimum absolute atomic E-state index is 0.0790. The van der Waals surface area contributed by atoms with E-state index in [0.29, 0.717) is 22.8 Å². The van der Waals surface area contributed by atoms with Crippen LogP contribution in [0.3, 0.4) is 0 Å². The number of fused-ring (bicyclic) bond motifs is 7. The number of rotatable bonds is 5. The fraction of sp³-hybridized carbons (Fsp3) is 0.0625. The molecule has 0 amide bonds. The Hall–Kier alpha value is -7.03. The molecule has 10 rings (SSSR count). The number of allylic oxidation sites excluding steroid dienone is 2. The molecule has 0 N–H and O–H groups in total. The third-order valence-corrected chi connectivity index (χ3v) is 10.8. The van der Waals surface area contributed by atoms with Crippen LogP contribution in [0.4, 0.5) is 11.4 Å². The number of nitriles is 1.